The number of alkyl halides is 3. The fourth-order valence-corrected chi connectivity index (χ4v) is 3.68. The van der Waals surface area contributed by atoms with Crippen molar-refractivity contribution in [3.8, 4) is 0 Å². The molecule has 1 aromatic heterocycles. The number of carbonyl (C=O) groups excluding carboxylic acids is 1. The molecule has 2 aromatic rings. The van der Waals surface area contributed by atoms with Crippen molar-refractivity contribution in [2.24, 2.45) is 0 Å². The number of aryl methyl sites for hydroxylation is 1. The van der Waals surface area contributed by atoms with E-state index in [-0.39, 0.29) is 17.0 Å². The van der Waals surface area contributed by atoms with Gasteiger partial charge in [-0.05, 0) is 38.0 Å². The Balaban J connectivity index is 2.02. The van der Waals surface area contributed by atoms with Crippen LogP contribution in [0.15, 0.2) is 29.2 Å². The van der Waals surface area contributed by atoms with Crippen LogP contribution in [0.2, 0.25) is 0 Å². The molecule has 1 fully saturated rings. The molecule has 1 amide bonds. The monoisotopic (exact) mass is 380 g/mol. The van der Waals surface area contributed by atoms with Crippen LogP contribution in [0.1, 0.15) is 61.4 Å². The fraction of sp³-hybridized carbons (Fsp3) is 0.500. The number of hydrogen-bond donors (Lipinski definition) is 1. The molecule has 146 valence electrons. The predicted octanol–water partition coefficient (Wildman–Crippen LogP) is 4.49. The highest BCUT2D eigenvalue weighted by Crippen LogP contribution is 2.30. The number of benzene rings is 1. The van der Waals surface area contributed by atoms with Crippen molar-refractivity contribution in [2.45, 2.75) is 64.2 Å². The summed E-state index contributed by atoms with van der Waals surface area (Å²) < 4.78 is 40.8. The van der Waals surface area contributed by atoms with Gasteiger partial charge in [0.1, 0.15) is 5.56 Å². The summed E-state index contributed by atoms with van der Waals surface area (Å²) in [5.74, 6) is -0.506. The van der Waals surface area contributed by atoms with Crippen molar-refractivity contribution in [3.05, 3.63) is 45.7 Å². The highest BCUT2D eigenvalue weighted by Gasteiger charge is 2.31. The van der Waals surface area contributed by atoms with Crippen LogP contribution in [0.4, 0.5) is 13.2 Å². The summed E-state index contributed by atoms with van der Waals surface area (Å²) in [6.45, 7) is 2.25. The van der Waals surface area contributed by atoms with Crippen molar-refractivity contribution >= 4 is 16.8 Å². The van der Waals surface area contributed by atoms with Crippen LogP contribution in [-0.4, -0.2) is 16.5 Å². The van der Waals surface area contributed by atoms with E-state index in [1.807, 2.05) is 6.92 Å². The molecule has 1 aromatic carbocycles. The van der Waals surface area contributed by atoms with Crippen LogP contribution >= 0.6 is 0 Å². The Morgan fingerprint density at radius 2 is 1.85 bits per heavy atom. The highest BCUT2D eigenvalue weighted by molar-refractivity contribution is 5.97. The van der Waals surface area contributed by atoms with E-state index in [1.165, 1.54) is 12.3 Å². The van der Waals surface area contributed by atoms with Gasteiger partial charge in [0, 0.05) is 24.2 Å². The summed E-state index contributed by atoms with van der Waals surface area (Å²) in [6.07, 6.45) is 2.93. The van der Waals surface area contributed by atoms with Crippen molar-refractivity contribution in [2.75, 3.05) is 0 Å². The Morgan fingerprint density at radius 3 is 2.44 bits per heavy atom. The minimum atomic E-state index is -4.55. The lowest BCUT2D eigenvalue weighted by molar-refractivity contribution is -0.137. The smallest absolute Gasteiger partial charge is 0.349 e. The summed E-state index contributed by atoms with van der Waals surface area (Å²) in [5, 5.41) is 2.82. The van der Waals surface area contributed by atoms with Gasteiger partial charge >= 0.3 is 6.18 Å². The Hall–Kier alpha value is -2.31. The number of aromatic nitrogens is 1. The molecular formula is C20H23F3N2O2. The van der Waals surface area contributed by atoms with Gasteiger partial charge in [-0.1, -0.05) is 25.7 Å². The summed E-state index contributed by atoms with van der Waals surface area (Å²) in [6, 6.07) is 3.09. The van der Waals surface area contributed by atoms with Gasteiger partial charge in [0.2, 0.25) is 5.43 Å². The van der Waals surface area contributed by atoms with E-state index in [0.717, 1.165) is 50.7 Å². The first-order valence-electron chi connectivity index (χ1n) is 9.36. The van der Waals surface area contributed by atoms with Gasteiger partial charge in [0.05, 0.1) is 11.1 Å². The summed E-state index contributed by atoms with van der Waals surface area (Å²) in [4.78, 5) is 25.5. The van der Waals surface area contributed by atoms with Gasteiger partial charge in [-0.25, -0.2) is 0 Å². The van der Waals surface area contributed by atoms with Gasteiger partial charge < -0.3 is 9.88 Å². The fourth-order valence-electron chi connectivity index (χ4n) is 3.68. The standard InChI is InChI=1S/C20H23F3N2O2/c1-2-25-12-16(19(27)24-14-7-5-3-4-6-8-14)18(26)15-11-13(20(21,22)23)9-10-17(15)25/h9-12,14H,2-8H2,1H3,(H,24,27). The van der Waals surface area contributed by atoms with Gasteiger partial charge in [0.25, 0.3) is 5.91 Å². The van der Waals surface area contributed by atoms with Crippen LogP contribution in [0.3, 0.4) is 0 Å². The second kappa shape index (κ2) is 7.74. The maximum Gasteiger partial charge on any atom is 0.416 e. The van der Waals surface area contributed by atoms with Crippen molar-refractivity contribution in [1.29, 1.82) is 0 Å². The van der Waals surface area contributed by atoms with E-state index >= 15 is 0 Å². The van der Waals surface area contributed by atoms with E-state index in [1.54, 1.807) is 4.57 Å². The van der Waals surface area contributed by atoms with Crippen molar-refractivity contribution in [1.82, 2.24) is 9.88 Å². The highest BCUT2D eigenvalue weighted by atomic mass is 19.4. The molecule has 1 saturated carbocycles. The second-order valence-corrected chi connectivity index (χ2v) is 7.05. The molecule has 1 aliphatic rings. The first-order chi connectivity index (χ1) is 12.8. The van der Waals surface area contributed by atoms with Crippen LogP contribution in [0.25, 0.3) is 10.9 Å². The molecule has 0 bridgehead atoms. The van der Waals surface area contributed by atoms with E-state index in [2.05, 4.69) is 5.32 Å². The second-order valence-electron chi connectivity index (χ2n) is 7.05. The van der Waals surface area contributed by atoms with Crippen LogP contribution < -0.4 is 10.7 Å². The lowest BCUT2D eigenvalue weighted by atomic mass is 10.1. The maximum atomic E-state index is 13.0. The largest absolute Gasteiger partial charge is 0.416 e. The number of hydrogen-bond acceptors (Lipinski definition) is 2. The number of nitrogens with one attached hydrogen (secondary N) is 1. The Labute approximate surface area is 155 Å². The average Bonchev–Trinajstić information content (AvgIpc) is 2.89. The lowest BCUT2D eigenvalue weighted by Crippen LogP contribution is -2.37. The summed E-state index contributed by atoms with van der Waals surface area (Å²) in [7, 11) is 0. The quantitative estimate of drug-likeness (QED) is 0.798. The number of carbonyl (C=O) groups is 1. The minimum Gasteiger partial charge on any atom is -0.349 e. The molecule has 0 atom stereocenters. The number of pyridine rings is 1. The molecule has 4 nitrogen and oxygen atoms in total. The molecule has 0 radical (unpaired) electrons. The van der Waals surface area contributed by atoms with Gasteiger partial charge in [0.15, 0.2) is 0 Å². The topological polar surface area (TPSA) is 51.1 Å². The Kier molecular flexibility index (Phi) is 5.58. The number of nitrogens with zero attached hydrogens (tertiary/aromatic N) is 1. The van der Waals surface area contributed by atoms with E-state index in [9.17, 15) is 22.8 Å². The van der Waals surface area contributed by atoms with E-state index < -0.39 is 23.1 Å². The summed E-state index contributed by atoms with van der Waals surface area (Å²) >= 11 is 0. The van der Waals surface area contributed by atoms with Gasteiger partial charge in [-0.2, -0.15) is 13.2 Å². The molecule has 1 heterocycles. The molecular weight excluding hydrogens is 357 g/mol. The maximum absolute atomic E-state index is 13.0. The molecule has 7 heteroatoms. The van der Waals surface area contributed by atoms with E-state index in [4.69, 9.17) is 0 Å². The van der Waals surface area contributed by atoms with Gasteiger partial charge in [-0.3, -0.25) is 9.59 Å². The summed E-state index contributed by atoms with van der Waals surface area (Å²) in [5.41, 5.74) is -1.27. The first kappa shape index (κ1) is 19.5. The van der Waals surface area contributed by atoms with Crippen molar-refractivity contribution < 1.29 is 18.0 Å². The zero-order valence-electron chi connectivity index (χ0n) is 15.2. The Bertz CT molecular complexity index is 894. The van der Waals surface area contributed by atoms with E-state index in [0.29, 0.717) is 12.1 Å². The molecule has 0 unspecified atom stereocenters. The molecule has 1 aliphatic carbocycles. The predicted molar refractivity (Wildman–Crippen MR) is 97.8 cm³/mol. The number of amides is 1. The molecule has 0 saturated heterocycles. The number of fused-ring (bicyclic) bond motifs is 1. The zero-order chi connectivity index (χ0) is 19.6. The van der Waals surface area contributed by atoms with Crippen LogP contribution in [0.5, 0.6) is 0 Å². The average molecular weight is 380 g/mol. The first-order valence-corrected chi connectivity index (χ1v) is 9.36. The molecule has 1 N–H and O–H groups in total. The van der Waals surface area contributed by atoms with Crippen LogP contribution in [-0.2, 0) is 12.7 Å². The number of halogens is 3. The third-order valence-corrected chi connectivity index (χ3v) is 5.18. The number of rotatable bonds is 3. The lowest BCUT2D eigenvalue weighted by Gasteiger charge is -2.17. The molecule has 27 heavy (non-hydrogen) atoms. The third kappa shape index (κ3) is 4.17. The van der Waals surface area contributed by atoms with Crippen LogP contribution in [0, 0.1) is 0 Å². The van der Waals surface area contributed by atoms with Gasteiger partial charge in [-0.15, -0.1) is 0 Å². The molecule has 3 rings (SSSR count). The minimum absolute atomic E-state index is 0.00619. The Morgan fingerprint density at radius 1 is 1.19 bits per heavy atom. The molecule has 0 spiro atoms. The van der Waals surface area contributed by atoms with Crippen molar-refractivity contribution in [3.63, 3.8) is 0 Å². The normalized spacial score (nSPS) is 16.3. The SMILES string of the molecule is CCn1cc(C(=O)NC2CCCCCC2)c(=O)c2cc(C(F)(F)F)ccc21. The molecule has 0 aliphatic heterocycles. The third-order valence-electron chi connectivity index (χ3n) is 5.18. The zero-order valence-corrected chi connectivity index (χ0v) is 15.2.